The third-order valence-electron chi connectivity index (χ3n) is 4.26. The number of aliphatic imine (C=N–C) groups is 1. The van der Waals surface area contributed by atoms with E-state index in [0.717, 1.165) is 18.0 Å². The molecular weight excluding hydrogens is 360 g/mol. The van der Waals surface area contributed by atoms with Crippen molar-refractivity contribution in [2.24, 2.45) is 10.7 Å². The topological polar surface area (TPSA) is 88.6 Å². The molecule has 0 aliphatic carbocycles. The SMILES string of the molecule is C[C@@]1(c2cc(CC(=O)c3ncc(O)cc3F)ccc2F)CCSC(N)=N1. The molecule has 26 heavy (non-hydrogen) atoms. The van der Waals surface area contributed by atoms with Gasteiger partial charge in [0.05, 0.1) is 11.7 Å². The molecule has 1 aromatic carbocycles. The predicted octanol–water partition coefficient (Wildman–Crippen LogP) is 3.16. The van der Waals surface area contributed by atoms with Crippen LogP contribution in [0.25, 0.3) is 0 Å². The number of thioether (sulfide) groups is 1. The highest BCUT2D eigenvalue weighted by Gasteiger charge is 2.32. The van der Waals surface area contributed by atoms with Crippen LogP contribution in [0.3, 0.4) is 0 Å². The van der Waals surface area contributed by atoms with Crippen molar-refractivity contribution in [3.8, 4) is 5.75 Å². The van der Waals surface area contributed by atoms with Crippen LogP contribution < -0.4 is 5.73 Å². The van der Waals surface area contributed by atoms with Crippen molar-refractivity contribution in [1.29, 1.82) is 0 Å². The molecule has 0 saturated carbocycles. The van der Waals surface area contributed by atoms with Crippen LogP contribution in [0.5, 0.6) is 5.75 Å². The third kappa shape index (κ3) is 3.70. The summed E-state index contributed by atoms with van der Waals surface area (Å²) in [6, 6.07) is 5.15. The number of hydrogen-bond donors (Lipinski definition) is 2. The summed E-state index contributed by atoms with van der Waals surface area (Å²) in [5.41, 5.74) is 5.49. The number of aromatic nitrogens is 1. The number of carbonyl (C=O) groups excluding carboxylic acids is 1. The number of halogens is 2. The molecule has 1 aromatic heterocycles. The van der Waals surface area contributed by atoms with Crippen LogP contribution in [0.15, 0.2) is 35.5 Å². The first-order valence-corrected chi connectivity index (χ1v) is 8.92. The molecule has 0 fully saturated rings. The van der Waals surface area contributed by atoms with Crippen molar-refractivity contribution in [1.82, 2.24) is 4.98 Å². The number of amidine groups is 1. The molecule has 8 heteroatoms. The van der Waals surface area contributed by atoms with Crippen molar-refractivity contribution in [3.05, 3.63) is 58.9 Å². The van der Waals surface area contributed by atoms with Gasteiger partial charge < -0.3 is 10.8 Å². The molecule has 1 aliphatic rings. The molecule has 0 radical (unpaired) electrons. The van der Waals surface area contributed by atoms with Crippen LogP contribution in [0.4, 0.5) is 8.78 Å². The second-order valence-electron chi connectivity index (χ2n) is 6.26. The van der Waals surface area contributed by atoms with Gasteiger partial charge >= 0.3 is 0 Å². The van der Waals surface area contributed by atoms with Crippen molar-refractivity contribution >= 4 is 22.7 Å². The van der Waals surface area contributed by atoms with E-state index in [2.05, 4.69) is 9.98 Å². The lowest BCUT2D eigenvalue weighted by atomic mass is 9.87. The van der Waals surface area contributed by atoms with Gasteiger partial charge in [-0.05, 0) is 31.0 Å². The van der Waals surface area contributed by atoms with Gasteiger partial charge in [0.15, 0.2) is 16.8 Å². The van der Waals surface area contributed by atoms with Gasteiger partial charge in [0.1, 0.15) is 17.3 Å². The molecule has 0 amide bonds. The maximum atomic E-state index is 14.4. The van der Waals surface area contributed by atoms with Crippen LogP contribution in [-0.2, 0) is 12.0 Å². The Balaban J connectivity index is 1.90. The Morgan fingerprint density at radius 1 is 1.35 bits per heavy atom. The van der Waals surface area contributed by atoms with Gasteiger partial charge in [-0.15, -0.1) is 0 Å². The van der Waals surface area contributed by atoms with Gasteiger partial charge in [-0.1, -0.05) is 17.8 Å². The lowest BCUT2D eigenvalue weighted by Gasteiger charge is -2.30. The third-order valence-corrected chi connectivity index (χ3v) is 5.06. The molecule has 0 unspecified atom stereocenters. The minimum atomic E-state index is -0.897. The van der Waals surface area contributed by atoms with Crippen molar-refractivity contribution < 1.29 is 18.7 Å². The summed E-state index contributed by atoms with van der Waals surface area (Å²) in [6.07, 6.45) is 1.47. The number of hydrogen-bond acceptors (Lipinski definition) is 6. The number of aromatic hydroxyl groups is 1. The fourth-order valence-corrected chi connectivity index (χ4v) is 3.85. The van der Waals surface area contributed by atoms with Crippen LogP contribution in [-0.4, -0.2) is 26.8 Å². The largest absolute Gasteiger partial charge is 0.506 e. The zero-order valence-electron chi connectivity index (χ0n) is 14.0. The predicted molar refractivity (Wildman–Crippen MR) is 96.3 cm³/mol. The Kier molecular flexibility index (Phi) is 4.95. The zero-order chi connectivity index (χ0) is 18.9. The second kappa shape index (κ2) is 7.03. The number of pyridine rings is 1. The van der Waals surface area contributed by atoms with Gasteiger partial charge in [-0.2, -0.15) is 0 Å². The Labute approximate surface area is 153 Å². The van der Waals surface area contributed by atoms with Crippen LogP contribution >= 0.6 is 11.8 Å². The maximum absolute atomic E-state index is 14.4. The minimum absolute atomic E-state index is 0.147. The molecule has 3 N–H and O–H groups in total. The Morgan fingerprint density at radius 3 is 2.81 bits per heavy atom. The standard InChI is InChI=1S/C18H17F2N3O2S/c1-18(4-5-26-17(21)23-18)12-6-10(2-3-13(12)19)7-15(25)16-14(20)8-11(24)9-22-16/h2-3,6,8-9,24H,4-5,7H2,1H3,(H2,21,23)/t18-/m0/s1. The van der Waals surface area contributed by atoms with E-state index in [1.807, 2.05) is 0 Å². The van der Waals surface area contributed by atoms with E-state index in [4.69, 9.17) is 5.73 Å². The normalized spacial score (nSPS) is 19.9. The van der Waals surface area contributed by atoms with E-state index >= 15 is 0 Å². The minimum Gasteiger partial charge on any atom is -0.506 e. The van der Waals surface area contributed by atoms with E-state index in [1.165, 1.54) is 23.9 Å². The Bertz CT molecular complexity index is 904. The molecule has 0 bridgehead atoms. The van der Waals surface area contributed by atoms with Crippen LogP contribution in [0.2, 0.25) is 0 Å². The van der Waals surface area contributed by atoms with Crippen molar-refractivity contribution in [2.75, 3.05) is 5.75 Å². The van der Waals surface area contributed by atoms with Gasteiger partial charge in [0.25, 0.3) is 0 Å². The zero-order valence-corrected chi connectivity index (χ0v) is 14.8. The quantitative estimate of drug-likeness (QED) is 0.799. The summed E-state index contributed by atoms with van der Waals surface area (Å²) in [5, 5.41) is 9.59. The van der Waals surface area contributed by atoms with Crippen molar-refractivity contribution in [3.63, 3.8) is 0 Å². The van der Waals surface area contributed by atoms with Crippen LogP contribution in [0.1, 0.15) is 35.0 Å². The number of nitrogens with two attached hydrogens (primary N) is 1. The monoisotopic (exact) mass is 377 g/mol. The molecule has 3 rings (SSSR count). The number of Topliss-reactive ketones (excluding diaryl/α,β-unsaturated/α-hetero) is 1. The first-order valence-electron chi connectivity index (χ1n) is 7.93. The van der Waals surface area contributed by atoms with E-state index in [9.17, 15) is 18.7 Å². The average Bonchev–Trinajstić information content (AvgIpc) is 2.56. The van der Waals surface area contributed by atoms with E-state index in [1.54, 1.807) is 13.0 Å². The molecule has 136 valence electrons. The van der Waals surface area contributed by atoms with E-state index < -0.39 is 23.0 Å². The number of carbonyl (C=O) groups is 1. The highest BCUT2D eigenvalue weighted by atomic mass is 32.2. The van der Waals surface area contributed by atoms with Gasteiger partial charge in [0.2, 0.25) is 0 Å². The van der Waals surface area contributed by atoms with Crippen molar-refractivity contribution in [2.45, 2.75) is 25.3 Å². The summed E-state index contributed by atoms with van der Waals surface area (Å²) in [5.74, 6) is -1.53. The summed E-state index contributed by atoms with van der Waals surface area (Å²) in [6.45, 7) is 1.80. The summed E-state index contributed by atoms with van der Waals surface area (Å²) in [4.78, 5) is 20.3. The Hall–Kier alpha value is -2.48. The molecule has 2 aromatic rings. The molecule has 0 spiro atoms. The molecule has 0 saturated heterocycles. The van der Waals surface area contributed by atoms with Gasteiger partial charge in [-0.3, -0.25) is 9.79 Å². The first-order chi connectivity index (χ1) is 12.3. The van der Waals surface area contributed by atoms with Gasteiger partial charge in [-0.25, -0.2) is 13.8 Å². The molecule has 2 heterocycles. The number of rotatable bonds is 4. The number of benzene rings is 1. The highest BCUT2D eigenvalue weighted by Crippen LogP contribution is 2.36. The lowest BCUT2D eigenvalue weighted by Crippen LogP contribution is -2.29. The van der Waals surface area contributed by atoms with Crippen LogP contribution in [0, 0.1) is 11.6 Å². The molecule has 5 nitrogen and oxygen atoms in total. The molecule has 1 atom stereocenters. The fraction of sp³-hybridized carbons (Fsp3) is 0.278. The molecule has 1 aliphatic heterocycles. The number of nitrogens with zero attached hydrogens (tertiary/aromatic N) is 2. The number of ketones is 1. The average molecular weight is 377 g/mol. The molecular formula is C18H17F2N3O2S. The van der Waals surface area contributed by atoms with Gasteiger partial charge in [0, 0.05) is 23.8 Å². The van der Waals surface area contributed by atoms with E-state index in [-0.39, 0.29) is 17.9 Å². The highest BCUT2D eigenvalue weighted by molar-refractivity contribution is 8.13. The summed E-state index contributed by atoms with van der Waals surface area (Å²) < 4.78 is 28.2. The smallest absolute Gasteiger partial charge is 0.188 e. The fourth-order valence-electron chi connectivity index (χ4n) is 2.88. The summed E-state index contributed by atoms with van der Waals surface area (Å²) in [7, 11) is 0. The Morgan fingerprint density at radius 2 is 2.12 bits per heavy atom. The maximum Gasteiger partial charge on any atom is 0.188 e. The lowest BCUT2D eigenvalue weighted by molar-refractivity contribution is 0.0983. The summed E-state index contributed by atoms with van der Waals surface area (Å²) >= 11 is 1.42. The first kappa shape index (κ1) is 18.3. The van der Waals surface area contributed by atoms with E-state index in [0.29, 0.717) is 22.7 Å². The second-order valence-corrected chi connectivity index (χ2v) is 7.38.